The molecule has 1 aromatic carbocycles. The molecule has 3 heterocycles. The summed E-state index contributed by atoms with van der Waals surface area (Å²) in [6.07, 6.45) is 2.70. The monoisotopic (exact) mass is 442 g/mol. The van der Waals surface area contributed by atoms with Crippen molar-refractivity contribution < 1.29 is 9.59 Å². The highest BCUT2D eigenvalue weighted by Crippen LogP contribution is 2.56. The van der Waals surface area contributed by atoms with E-state index < -0.39 is 11.5 Å². The number of halogens is 1. The molecule has 2 aliphatic rings. The van der Waals surface area contributed by atoms with Gasteiger partial charge in [-0.25, -0.2) is 0 Å². The molecule has 2 aliphatic heterocycles. The Bertz CT molecular complexity index is 1040. The summed E-state index contributed by atoms with van der Waals surface area (Å²) >= 11 is 6.26. The highest BCUT2D eigenvalue weighted by Gasteiger charge is 2.66. The zero-order valence-corrected chi connectivity index (χ0v) is 19.7. The molecule has 0 unspecified atom stereocenters. The fourth-order valence-corrected chi connectivity index (χ4v) is 5.61. The minimum atomic E-state index is -0.921. The summed E-state index contributed by atoms with van der Waals surface area (Å²) in [6.45, 7) is 6.49. The zero-order valence-electron chi connectivity index (χ0n) is 19.0. The number of fused-ring (bicyclic) bond motifs is 2. The summed E-state index contributed by atoms with van der Waals surface area (Å²) in [7, 11) is 5.49. The number of nitrogens with one attached hydrogen (secondary N) is 2. The summed E-state index contributed by atoms with van der Waals surface area (Å²) in [5, 5.41) is 7.28. The van der Waals surface area contributed by atoms with E-state index in [0.29, 0.717) is 5.02 Å². The number of benzene rings is 1. The van der Waals surface area contributed by atoms with Gasteiger partial charge in [-0.2, -0.15) is 0 Å². The van der Waals surface area contributed by atoms with Crippen LogP contribution in [0.5, 0.6) is 0 Å². The molecule has 1 spiro atoms. The van der Waals surface area contributed by atoms with Crippen molar-refractivity contribution in [3.05, 3.63) is 52.8 Å². The van der Waals surface area contributed by atoms with Gasteiger partial charge in [-0.05, 0) is 41.7 Å². The summed E-state index contributed by atoms with van der Waals surface area (Å²) in [5.41, 5.74) is 1.63. The van der Waals surface area contributed by atoms with Gasteiger partial charge in [0, 0.05) is 55.7 Å². The lowest BCUT2D eigenvalue weighted by atomic mass is 9.63. The summed E-state index contributed by atoms with van der Waals surface area (Å²) < 4.78 is 2.02. The van der Waals surface area contributed by atoms with E-state index in [4.69, 9.17) is 11.6 Å². The molecule has 0 aliphatic carbocycles. The van der Waals surface area contributed by atoms with Crippen LogP contribution in [0.1, 0.15) is 44.4 Å². The van der Waals surface area contributed by atoms with Gasteiger partial charge < -0.3 is 20.1 Å². The number of rotatable bonds is 3. The Morgan fingerprint density at radius 2 is 1.97 bits per heavy atom. The molecule has 0 radical (unpaired) electrons. The highest BCUT2D eigenvalue weighted by molar-refractivity contribution is 6.31. The standard InChI is InChI=1S/C24H31ClN4O2/c1-23(2,3)13-18-24(15-10-9-14(25)12-16(15)26-22(24)31)19(17-8-7-11-29(17)6)20(27-18)21(30)28(4)5/h7-12,18-20,27H,13H2,1-6H3,(H,26,31)/t18-,19+,20-,24+/m1/s1. The first-order valence-corrected chi connectivity index (χ1v) is 11.0. The van der Waals surface area contributed by atoms with Gasteiger partial charge >= 0.3 is 0 Å². The molecule has 4 rings (SSSR count). The van der Waals surface area contributed by atoms with Gasteiger partial charge in [0.1, 0.15) is 5.41 Å². The minimum Gasteiger partial charge on any atom is -0.354 e. The molecule has 6 nitrogen and oxygen atoms in total. The number of anilines is 1. The van der Waals surface area contributed by atoms with Crippen molar-refractivity contribution in [2.24, 2.45) is 12.5 Å². The first-order chi connectivity index (χ1) is 14.5. The fraction of sp³-hybridized carbons (Fsp3) is 0.500. The molecule has 0 saturated carbocycles. The lowest BCUT2D eigenvalue weighted by Crippen LogP contribution is -2.49. The van der Waals surface area contributed by atoms with Crippen molar-refractivity contribution in [2.45, 2.75) is 50.6 Å². The van der Waals surface area contributed by atoms with Crippen molar-refractivity contribution in [3.63, 3.8) is 0 Å². The van der Waals surface area contributed by atoms with Crippen LogP contribution in [0.3, 0.4) is 0 Å². The smallest absolute Gasteiger partial charge is 0.239 e. The van der Waals surface area contributed by atoms with Crippen LogP contribution >= 0.6 is 11.6 Å². The molecular weight excluding hydrogens is 412 g/mol. The average Bonchev–Trinajstić information content (AvgIpc) is 3.29. The molecule has 7 heteroatoms. The largest absolute Gasteiger partial charge is 0.354 e. The van der Waals surface area contributed by atoms with Crippen LogP contribution in [0.15, 0.2) is 36.5 Å². The number of aryl methyl sites for hydroxylation is 1. The van der Waals surface area contributed by atoms with Gasteiger partial charge in [0.2, 0.25) is 11.8 Å². The van der Waals surface area contributed by atoms with Gasteiger partial charge in [-0.15, -0.1) is 0 Å². The van der Waals surface area contributed by atoms with Gasteiger partial charge in [0.05, 0.1) is 6.04 Å². The zero-order chi connectivity index (χ0) is 22.7. The number of hydrogen-bond acceptors (Lipinski definition) is 3. The summed E-state index contributed by atoms with van der Waals surface area (Å²) in [4.78, 5) is 28.9. The Hall–Kier alpha value is -2.31. The molecule has 2 aromatic rings. The van der Waals surface area contributed by atoms with E-state index in [9.17, 15) is 9.59 Å². The molecule has 2 N–H and O–H groups in total. The second-order valence-electron chi connectivity index (χ2n) is 10.2. The molecule has 166 valence electrons. The van der Waals surface area contributed by atoms with Gasteiger partial charge in [0.15, 0.2) is 0 Å². The molecule has 0 bridgehead atoms. The van der Waals surface area contributed by atoms with Crippen LogP contribution in [0.25, 0.3) is 0 Å². The van der Waals surface area contributed by atoms with Crippen molar-refractivity contribution in [3.8, 4) is 0 Å². The van der Waals surface area contributed by atoms with Crippen molar-refractivity contribution in [1.29, 1.82) is 0 Å². The van der Waals surface area contributed by atoms with Crippen LogP contribution in [-0.2, 0) is 22.1 Å². The Labute approximate surface area is 188 Å². The molecule has 1 fully saturated rings. The minimum absolute atomic E-state index is 0.0304. The predicted molar refractivity (Wildman–Crippen MR) is 123 cm³/mol. The number of nitrogens with zero attached hydrogens (tertiary/aromatic N) is 2. The van der Waals surface area contributed by atoms with Gasteiger partial charge in [-0.1, -0.05) is 38.4 Å². The van der Waals surface area contributed by atoms with Crippen molar-refractivity contribution in [1.82, 2.24) is 14.8 Å². The molecule has 1 aromatic heterocycles. The molecule has 31 heavy (non-hydrogen) atoms. The van der Waals surface area contributed by atoms with E-state index >= 15 is 0 Å². The quantitative estimate of drug-likeness (QED) is 0.764. The topological polar surface area (TPSA) is 66.4 Å². The maximum absolute atomic E-state index is 13.9. The van der Waals surface area contributed by atoms with Crippen molar-refractivity contribution in [2.75, 3.05) is 19.4 Å². The first-order valence-electron chi connectivity index (χ1n) is 10.7. The molecule has 2 amide bonds. The van der Waals surface area contributed by atoms with Crippen molar-refractivity contribution >= 4 is 29.1 Å². The van der Waals surface area contributed by atoms with Crippen LogP contribution < -0.4 is 10.6 Å². The Morgan fingerprint density at radius 1 is 1.26 bits per heavy atom. The SMILES string of the molecule is CN(C)C(=O)[C@@H]1N[C@H](CC(C)(C)C)[C@]2(C(=O)Nc3cc(Cl)ccc32)[C@H]1c1cccn1C. The molecule has 4 atom stereocenters. The predicted octanol–water partition coefficient (Wildman–Crippen LogP) is 3.52. The fourth-order valence-electron chi connectivity index (χ4n) is 5.43. The van der Waals surface area contributed by atoms with E-state index in [1.807, 2.05) is 42.1 Å². The van der Waals surface area contributed by atoms with E-state index in [-0.39, 0.29) is 29.2 Å². The van der Waals surface area contributed by atoms with Gasteiger partial charge in [-0.3, -0.25) is 9.59 Å². The summed E-state index contributed by atoms with van der Waals surface area (Å²) in [6, 6.07) is 8.83. The van der Waals surface area contributed by atoms with E-state index in [1.54, 1.807) is 25.1 Å². The van der Waals surface area contributed by atoms with E-state index in [1.165, 1.54) is 0 Å². The number of amides is 2. The number of carbonyl (C=O) groups is 2. The Balaban J connectivity index is 2.01. The second-order valence-corrected chi connectivity index (χ2v) is 10.7. The number of carbonyl (C=O) groups excluding carboxylic acids is 2. The average molecular weight is 443 g/mol. The second kappa shape index (κ2) is 7.38. The maximum Gasteiger partial charge on any atom is 0.239 e. The lowest BCUT2D eigenvalue weighted by Gasteiger charge is -2.37. The normalized spacial score (nSPS) is 27.5. The van der Waals surface area contributed by atoms with Crippen LogP contribution in [0, 0.1) is 5.41 Å². The van der Waals surface area contributed by atoms with Gasteiger partial charge in [0.25, 0.3) is 0 Å². The Kier molecular flexibility index (Phi) is 5.22. The number of likely N-dealkylation sites (N-methyl/N-ethyl adjacent to an activating group) is 1. The third kappa shape index (κ3) is 3.37. The van der Waals surface area contributed by atoms with Crippen LogP contribution in [0.2, 0.25) is 5.02 Å². The summed E-state index contributed by atoms with van der Waals surface area (Å²) in [5.74, 6) is -0.471. The van der Waals surface area contributed by atoms with E-state index in [2.05, 4.69) is 31.4 Å². The third-order valence-corrected chi connectivity index (χ3v) is 6.87. The molecular formula is C24H31ClN4O2. The number of hydrogen-bond donors (Lipinski definition) is 2. The maximum atomic E-state index is 13.9. The van der Waals surface area contributed by atoms with Crippen LogP contribution in [0.4, 0.5) is 5.69 Å². The Morgan fingerprint density at radius 3 is 2.55 bits per heavy atom. The number of aromatic nitrogens is 1. The molecule has 1 saturated heterocycles. The van der Waals surface area contributed by atoms with Crippen LogP contribution in [-0.4, -0.2) is 47.5 Å². The first kappa shape index (κ1) is 21.9. The third-order valence-electron chi connectivity index (χ3n) is 6.63. The lowest BCUT2D eigenvalue weighted by molar-refractivity contribution is -0.131. The highest BCUT2D eigenvalue weighted by atomic mass is 35.5. The van der Waals surface area contributed by atoms with E-state index in [0.717, 1.165) is 23.4 Å².